The van der Waals surface area contributed by atoms with Crippen LogP contribution in [0.15, 0.2) is 28.7 Å². The highest BCUT2D eigenvalue weighted by atomic mass is 79.9. The maximum atomic E-state index is 12.4. The monoisotopic (exact) mass is 396 g/mol. The molecule has 1 aromatic heterocycles. The van der Waals surface area contributed by atoms with Gasteiger partial charge in [0.15, 0.2) is 0 Å². The summed E-state index contributed by atoms with van der Waals surface area (Å²) in [5, 5.41) is 12.6. The number of carbonyl (C=O) groups excluding carboxylic acids is 1. The second-order valence-corrected chi connectivity index (χ2v) is 7.22. The van der Waals surface area contributed by atoms with E-state index >= 15 is 0 Å². The lowest BCUT2D eigenvalue weighted by molar-refractivity contribution is -0.122. The van der Waals surface area contributed by atoms with Gasteiger partial charge in [0.1, 0.15) is 9.88 Å². The van der Waals surface area contributed by atoms with Crippen LogP contribution in [-0.4, -0.2) is 22.0 Å². The first-order valence-corrected chi connectivity index (χ1v) is 8.67. The van der Waals surface area contributed by atoms with E-state index in [1.54, 1.807) is 13.8 Å². The van der Waals surface area contributed by atoms with Gasteiger partial charge in [-0.3, -0.25) is 4.79 Å². The molecule has 0 saturated carbocycles. The van der Waals surface area contributed by atoms with E-state index < -0.39 is 5.97 Å². The van der Waals surface area contributed by atoms with Gasteiger partial charge in [0.05, 0.1) is 17.7 Å². The van der Waals surface area contributed by atoms with Crippen molar-refractivity contribution in [1.29, 1.82) is 0 Å². The van der Waals surface area contributed by atoms with E-state index in [2.05, 4.69) is 26.2 Å². The zero-order valence-electron chi connectivity index (χ0n) is 13.0. The summed E-state index contributed by atoms with van der Waals surface area (Å²) in [6.07, 6.45) is 0. The van der Waals surface area contributed by atoms with Gasteiger partial charge < -0.3 is 10.4 Å². The van der Waals surface area contributed by atoms with E-state index in [1.165, 1.54) is 0 Å². The van der Waals surface area contributed by atoms with Crippen molar-refractivity contribution in [2.45, 2.75) is 32.7 Å². The predicted octanol–water partition coefficient (Wildman–Crippen LogP) is 3.89. The molecule has 0 bridgehead atoms. The standard InChI is InChI=1S/C16H17BrN2O3S/c1-8(11-4-6-12(17)7-5-11)14(20)18-10(3)15-19-9(2)13(23-15)16(21)22/h4-8,10H,1-3H3,(H,18,20)(H,21,22). The zero-order chi connectivity index (χ0) is 17.1. The Balaban J connectivity index is 2.08. The van der Waals surface area contributed by atoms with Gasteiger partial charge in [-0.15, -0.1) is 11.3 Å². The molecule has 2 atom stereocenters. The van der Waals surface area contributed by atoms with Crippen LogP contribution >= 0.6 is 27.3 Å². The van der Waals surface area contributed by atoms with Gasteiger partial charge >= 0.3 is 5.97 Å². The minimum absolute atomic E-state index is 0.121. The third-order valence-electron chi connectivity index (χ3n) is 3.50. The zero-order valence-corrected chi connectivity index (χ0v) is 15.4. The SMILES string of the molecule is Cc1nc(C(C)NC(=O)C(C)c2ccc(Br)cc2)sc1C(=O)O. The van der Waals surface area contributed by atoms with E-state index in [-0.39, 0.29) is 22.7 Å². The summed E-state index contributed by atoms with van der Waals surface area (Å²) in [6, 6.07) is 7.25. The Kier molecular flexibility index (Phi) is 5.54. The van der Waals surface area contributed by atoms with Crippen molar-refractivity contribution in [3.8, 4) is 0 Å². The van der Waals surface area contributed by atoms with Crippen molar-refractivity contribution in [2.75, 3.05) is 0 Å². The molecule has 5 nitrogen and oxygen atoms in total. The van der Waals surface area contributed by atoms with Crippen LogP contribution in [0.5, 0.6) is 0 Å². The van der Waals surface area contributed by atoms with Gasteiger partial charge in [-0.1, -0.05) is 28.1 Å². The number of aryl methyl sites for hydroxylation is 1. The van der Waals surface area contributed by atoms with Crippen molar-refractivity contribution in [3.05, 3.63) is 49.9 Å². The normalized spacial score (nSPS) is 13.4. The average molecular weight is 397 g/mol. The topological polar surface area (TPSA) is 79.3 Å². The molecule has 2 aromatic rings. The molecule has 122 valence electrons. The Bertz CT molecular complexity index is 727. The molecule has 1 heterocycles. The number of aromatic carboxylic acids is 1. The van der Waals surface area contributed by atoms with Gasteiger partial charge in [-0.05, 0) is 38.5 Å². The van der Waals surface area contributed by atoms with E-state index in [0.717, 1.165) is 21.4 Å². The molecule has 1 aromatic carbocycles. The lowest BCUT2D eigenvalue weighted by Gasteiger charge is -2.16. The third kappa shape index (κ3) is 4.17. The molecule has 2 unspecified atom stereocenters. The van der Waals surface area contributed by atoms with E-state index in [9.17, 15) is 9.59 Å². The molecule has 0 fully saturated rings. The smallest absolute Gasteiger partial charge is 0.347 e. The van der Waals surface area contributed by atoms with Crippen LogP contribution < -0.4 is 5.32 Å². The Labute approximate surface area is 146 Å². The number of hydrogen-bond acceptors (Lipinski definition) is 4. The Hall–Kier alpha value is -1.73. The summed E-state index contributed by atoms with van der Waals surface area (Å²) in [7, 11) is 0. The quantitative estimate of drug-likeness (QED) is 0.802. The highest BCUT2D eigenvalue weighted by Crippen LogP contribution is 2.25. The van der Waals surface area contributed by atoms with Gasteiger partial charge in [-0.2, -0.15) is 0 Å². The van der Waals surface area contributed by atoms with Gasteiger partial charge in [0.2, 0.25) is 5.91 Å². The number of rotatable bonds is 5. The summed E-state index contributed by atoms with van der Waals surface area (Å²) >= 11 is 4.46. The summed E-state index contributed by atoms with van der Waals surface area (Å²) < 4.78 is 0.960. The van der Waals surface area contributed by atoms with Crippen LogP contribution in [0.25, 0.3) is 0 Å². The molecular weight excluding hydrogens is 380 g/mol. The number of carboxylic acid groups (broad SMARTS) is 1. The molecule has 0 radical (unpaired) electrons. The average Bonchev–Trinajstić information content (AvgIpc) is 2.89. The molecule has 7 heteroatoms. The molecule has 2 N–H and O–H groups in total. The number of aromatic nitrogens is 1. The highest BCUT2D eigenvalue weighted by Gasteiger charge is 2.22. The van der Waals surface area contributed by atoms with Gasteiger partial charge in [0, 0.05) is 4.47 Å². The first kappa shape index (κ1) is 17.6. The number of carboxylic acids is 1. The minimum Gasteiger partial charge on any atom is -0.477 e. The van der Waals surface area contributed by atoms with Crippen LogP contribution in [0.2, 0.25) is 0 Å². The molecule has 0 aliphatic heterocycles. The van der Waals surface area contributed by atoms with Crippen LogP contribution in [0.1, 0.15) is 51.7 Å². The number of benzene rings is 1. The largest absolute Gasteiger partial charge is 0.477 e. The molecule has 2 rings (SSSR count). The number of halogens is 1. The first-order chi connectivity index (χ1) is 10.8. The summed E-state index contributed by atoms with van der Waals surface area (Å²) in [6.45, 7) is 5.29. The fourth-order valence-electron chi connectivity index (χ4n) is 2.10. The third-order valence-corrected chi connectivity index (χ3v) is 5.36. The fraction of sp³-hybridized carbons (Fsp3) is 0.312. The summed E-state index contributed by atoms with van der Waals surface area (Å²) in [5.74, 6) is -1.41. The maximum absolute atomic E-state index is 12.4. The van der Waals surface area contributed by atoms with Crippen LogP contribution in [0.4, 0.5) is 0 Å². The van der Waals surface area contributed by atoms with Crippen LogP contribution in [0.3, 0.4) is 0 Å². The Morgan fingerprint density at radius 3 is 2.39 bits per heavy atom. The summed E-state index contributed by atoms with van der Waals surface area (Å²) in [4.78, 5) is 27.9. The molecule has 0 aliphatic carbocycles. The lowest BCUT2D eigenvalue weighted by Crippen LogP contribution is -2.30. The lowest BCUT2D eigenvalue weighted by atomic mass is 10.0. The van der Waals surface area contributed by atoms with Crippen molar-refractivity contribution in [1.82, 2.24) is 10.3 Å². The van der Waals surface area contributed by atoms with Crippen molar-refractivity contribution in [3.63, 3.8) is 0 Å². The van der Waals surface area contributed by atoms with Crippen molar-refractivity contribution >= 4 is 39.1 Å². The number of hydrogen-bond donors (Lipinski definition) is 2. The second-order valence-electron chi connectivity index (χ2n) is 5.28. The van der Waals surface area contributed by atoms with Gasteiger partial charge in [0.25, 0.3) is 0 Å². The second kappa shape index (κ2) is 7.23. The van der Waals surface area contributed by atoms with Gasteiger partial charge in [-0.25, -0.2) is 9.78 Å². The number of nitrogens with one attached hydrogen (secondary N) is 1. The molecule has 1 amide bonds. The van der Waals surface area contributed by atoms with Crippen LogP contribution in [0, 0.1) is 6.92 Å². The summed E-state index contributed by atoms with van der Waals surface area (Å²) in [5.41, 5.74) is 1.39. The van der Waals surface area contributed by atoms with E-state index in [0.29, 0.717) is 10.7 Å². The molecule has 0 saturated heterocycles. The number of amides is 1. The molecule has 0 aliphatic rings. The minimum atomic E-state index is -0.993. The number of carbonyl (C=O) groups is 2. The predicted molar refractivity (Wildman–Crippen MR) is 92.9 cm³/mol. The Morgan fingerprint density at radius 1 is 1.26 bits per heavy atom. The number of nitrogens with zero attached hydrogens (tertiary/aromatic N) is 1. The first-order valence-electron chi connectivity index (χ1n) is 7.06. The van der Waals surface area contributed by atoms with Crippen molar-refractivity contribution in [2.24, 2.45) is 0 Å². The van der Waals surface area contributed by atoms with Crippen molar-refractivity contribution < 1.29 is 14.7 Å². The molecule has 23 heavy (non-hydrogen) atoms. The van der Waals surface area contributed by atoms with E-state index in [4.69, 9.17) is 5.11 Å². The maximum Gasteiger partial charge on any atom is 0.347 e. The highest BCUT2D eigenvalue weighted by molar-refractivity contribution is 9.10. The molecular formula is C16H17BrN2O3S. The van der Waals surface area contributed by atoms with E-state index in [1.807, 2.05) is 31.2 Å². The molecule has 0 spiro atoms. The Morgan fingerprint density at radius 2 is 1.87 bits per heavy atom. The number of thiazole rings is 1. The fourth-order valence-corrected chi connectivity index (χ4v) is 3.28. The van der Waals surface area contributed by atoms with Crippen LogP contribution in [-0.2, 0) is 4.79 Å².